The molecule has 6 N–H and O–H groups in total. The Morgan fingerprint density at radius 2 is 2.23 bits per heavy atom. The normalized spacial score (nSPS) is 25.5. The average Bonchev–Trinajstić information content (AvgIpc) is 2.14. The lowest BCUT2D eigenvalue weighted by molar-refractivity contribution is 0.257. The molecule has 0 radical (unpaired) electrons. The second-order valence-corrected chi connectivity index (χ2v) is 3.32. The summed E-state index contributed by atoms with van der Waals surface area (Å²) in [5.41, 5.74) is 16.9. The maximum absolute atomic E-state index is 5.82. The standard InChI is InChI=1S/C9H18N4/c10-5-1-4-9(12)13-6-2-3-8(11)7-13/h1,4-5,8H,2-3,6-7,10-12H2/b5-1-,9-4+. The molecule has 0 aromatic rings. The van der Waals surface area contributed by atoms with Gasteiger partial charge in [-0.25, -0.2) is 0 Å². The van der Waals surface area contributed by atoms with Gasteiger partial charge >= 0.3 is 0 Å². The van der Waals surface area contributed by atoms with Crippen LogP contribution in [0.2, 0.25) is 0 Å². The molecule has 1 saturated heterocycles. The van der Waals surface area contributed by atoms with Crippen molar-refractivity contribution in [3.63, 3.8) is 0 Å². The highest BCUT2D eigenvalue weighted by Crippen LogP contribution is 2.10. The molecule has 74 valence electrons. The van der Waals surface area contributed by atoms with Crippen LogP contribution >= 0.6 is 0 Å². The van der Waals surface area contributed by atoms with Crippen LogP contribution in [-0.2, 0) is 0 Å². The van der Waals surface area contributed by atoms with E-state index in [1.165, 1.54) is 6.20 Å². The maximum atomic E-state index is 5.82. The SMILES string of the molecule is N/C=C\C=C(/N)N1CCCC(N)C1. The summed E-state index contributed by atoms with van der Waals surface area (Å²) in [6.45, 7) is 1.84. The number of piperidine rings is 1. The van der Waals surface area contributed by atoms with Crippen molar-refractivity contribution >= 4 is 0 Å². The average molecular weight is 182 g/mol. The van der Waals surface area contributed by atoms with E-state index in [1.54, 1.807) is 12.2 Å². The summed E-state index contributed by atoms with van der Waals surface area (Å²) in [6, 6.07) is 0.252. The fourth-order valence-corrected chi connectivity index (χ4v) is 1.50. The largest absolute Gasteiger partial charge is 0.405 e. The van der Waals surface area contributed by atoms with E-state index in [4.69, 9.17) is 17.2 Å². The molecule has 4 heteroatoms. The number of likely N-dealkylation sites (tertiary alicyclic amines) is 1. The number of hydrogen-bond donors (Lipinski definition) is 3. The second-order valence-electron chi connectivity index (χ2n) is 3.32. The molecule has 1 rings (SSSR count). The molecule has 0 aromatic carbocycles. The third-order valence-corrected chi connectivity index (χ3v) is 2.20. The van der Waals surface area contributed by atoms with Crippen molar-refractivity contribution in [1.29, 1.82) is 0 Å². The van der Waals surface area contributed by atoms with Gasteiger partial charge in [0.2, 0.25) is 0 Å². The molecule has 0 amide bonds. The maximum Gasteiger partial charge on any atom is 0.0987 e. The Kier molecular flexibility index (Phi) is 3.64. The van der Waals surface area contributed by atoms with Crippen LogP contribution in [-0.4, -0.2) is 24.0 Å². The molecule has 13 heavy (non-hydrogen) atoms. The predicted molar refractivity (Wildman–Crippen MR) is 54.4 cm³/mol. The summed E-state index contributed by atoms with van der Waals surface area (Å²) in [5.74, 6) is 0.747. The fraction of sp³-hybridized carbons (Fsp3) is 0.556. The van der Waals surface area contributed by atoms with Gasteiger partial charge in [0.15, 0.2) is 0 Å². The van der Waals surface area contributed by atoms with Gasteiger partial charge < -0.3 is 22.1 Å². The van der Waals surface area contributed by atoms with E-state index >= 15 is 0 Å². The Morgan fingerprint density at radius 1 is 1.46 bits per heavy atom. The molecule has 0 aliphatic carbocycles. The van der Waals surface area contributed by atoms with Gasteiger partial charge in [-0.2, -0.15) is 0 Å². The number of nitrogens with zero attached hydrogens (tertiary/aromatic N) is 1. The van der Waals surface area contributed by atoms with Crippen molar-refractivity contribution < 1.29 is 0 Å². The molecule has 1 aliphatic rings. The molecule has 0 bridgehead atoms. The van der Waals surface area contributed by atoms with Gasteiger partial charge in [0.25, 0.3) is 0 Å². The van der Waals surface area contributed by atoms with Gasteiger partial charge in [0.05, 0.1) is 5.82 Å². The lowest BCUT2D eigenvalue weighted by atomic mass is 10.1. The summed E-state index contributed by atoms with van der Waals surface area (Å²) in [6.07, 6.45) is 7.21. The van der Waals surface area contributed by atoms with Gasteiger partial charge in [-0.3, -0.25) is 0 Å². The molecule has 1 aliphatic heterocycles. The van der Waals surface area contributed by atoms with Crippen molar-refractivity contribution in [2.75, 3.05) is 13.1 Å². The Morgan fingerprint density at radius 3 is 2.85 bits per heavy atom. The smallest absolute Gasteiger partial charge is 0.0987 e. The van der Waals surface area contributed by atoms with Crippen LogP contribution in [0.25, 0.3) is 0 Å². The van der Waals surface area contributed by atoms with E-state index in [9.17, 15) is 0 Å². The summed E-state index contributed by atoms with van der Waals surface area (Å²) in [7, 11) is 0. The van der Waals surface area contributed by atoms with Gasteiger partial charge in [-0.15, -0.1) is 0 Å². The van der Waals surface area contributed by atoms with Crippen LogP contribution < -0.4 is 17.2 Å². The third kappa shape index (κ3) is 2.99. The summed E-state index contributed by atoms with van der Waals surface area (Å²) in [5, 5.41) is 0. The Bertz CT molecular complexity index is 210. The third-order valence-electron chi connectivity index (χ3n) is 2.20. The number of nitrogens with two attached hydrogens (primary N) is 3. The molecule has 0 aromatic heterocycles. The molecule has 4 nitrogen and oxygen atoms in total. The second kappa shape index (κ2) is 4.77. The predicted octanol–water partition coefficient (Wildman–Crippen LogP) is -0.318. The highest BCUT2D eigenvalue weighted by atomic mass is 15.2. The zero-order chi connectivity index (χ0) is 9.68. The lowest BCUT2D eigenvalue weighted by Crippen LogP contribution is -2.43. The first-order valence-electron chi connectivity index (χ1n) is 4.58. The highest BCUT2D eigenvalue weighted by molar-refractivity contribution is 5.08. The molecule has 1 unspecified atom stereocenters. The van der Waals surface area contributed by atoms with Gasteiger partial charge in [-0.1, -0.05) is 0 Å². The zero-order valence-electron chi connectivity index (χ0n) is 7.82. The number of allylic oxidation sites excluding steroid dienone is 2. The summed E-state index contributed by atoms with van der Waals surface area (Å²) in [4.78, 5) is 2.09. The van der Waals surface area contributed by atoms with Gasteiger partial charge in [0.1, 0.15) is 0 Å². The van der Waals surface area contributed by atoms with Crippen LogP contribution in [0.5, 0.6) is 0 Å². The molecule has 1 atom stereocenters. The topological polar surface area (TPSA) is 81.3 Å². The first-order chi connectivity index (χ1) is 6.24. The molecule has 1 heterocycles. The molecule has 1 fully saturated rings. The first-order valence-corrected chi connectivity index (χ1v) is 4.58. The number of rotatable bonds is 2. The Hall–Kier alpha value is -1.16. The Labute approximate surface area is 79.1 Å². The monoisotopic (exact) mass is 182 g/mol. The van der Waals surface area contributed by atoms with Crippen molar-refractivity contribution in [3.05, 3.63) is 24.2 Å². The molecule has 0 spiro atoms. The lowest BCUT2D eigenvalue weighted by Gasteiger charge is -2.32. The number of hydrogen-bond acceptors (Lipinski definition) is 4. The van der Waals surface area contributed by atoms with E-state index < -0.39 is 0 Å². The fourth-order valence-electron chi connectivity index (χ4n) is 1.50. The summed E-state index contributed by atoms with van der Waals surface area (Å²) < 4.78 is 0. The van der Waals surface area contributed by atoms with Crippen LogP contribution in [0.15, 0.2) is 24.2 Å². The quantitative estimate of drug-likeness (QED) is 0.511. The van der Waals surface area contributed by atoms with Crippen molar-refractivity contribution in [2.45, 2.75) is 18.9 Å². The molecular formula is C9H18N4. The van der Waals surface area contributed by atoms with Crippen molar-refractivity contribution in [1.82, 2.24) is 4.90 Å². The van der Waals surface area contributed by atoms with E-state index in [0.717, 1.165) is 31.8 Å². The molecular weight excluding hydrogens is 164 g/mol. The summed E-state index contributed by atoms with van der Waals surface area (Å²) >= 11 is 0. The van der Waals surface area contributed by atoms with Crippen LogP contribution in [0.1, 0.15) is 12.8 Å². The minimum Gasteiger partial charge on any atom is -0.405 e. The van der Waals surface area contributed by atoms with Gasteiger partial charge in [-0.05, 0) is 31.2 Å². The van der Waals surface area contributed by atoms with Crippen molar-refractivity contribution in [2.24, 2.45) is 17.2 Å². The Balaban J connectivity index is 2.50. The zero-order valence-corrected chi connectivity index (χ0v) is 7.82. The van der Waals surface area contributed by atoms with Crippen LogP contribution in [0, 0.1) is 0 Å². The minimum absolute atomic E-state index is 0.252. The van der Waals surface area contributed by atoms with Gasteiger partial charge in [0, 0.05) is 19.1 Å². The van der Waals surface area contributed by atoms with E-state index in [1.807, 2.05) is 0 Å². The van der Waals surface area contributed by atoms with E-state index in [2.05, 4.69) is 4.90 Å². The highest BCUT2D eigenvalue weighted by Gasteiger charge is 2.16. The van der Waals surface area contributed by atoms with Crippen LogP contribution in [0.4, 0.5) is 0 Å². The minimum atomic E-state index is 0.252. The van der Waals surface area contributed by atoms with Crippen molar-refractivity contribution in [3.8, 4) is 0 Å². The first kappa shape index (κ1) is 9.92. The van der Waals surface area contributed by atoms with Crippen LogP contribution in [0.3, 0.4) is 0 Å². The van der Waals surface area contributed by atoms with E-state index in [-0.39, 0.29) is 6.04 Å². The molecule has 0 saturated carbocycles. The van der Waals surface area contributed by atoms with E-state index in [0.29, 0.717) is 0 Å².